The molecule has 10 heteroatoms. The van der Waals surface area contributed by atoms with Gasteiger partial charge in [-0.05, 0) is 29.8 Å². The third-order valence-corrected chi connectivity index (χ3v) is 6.02. The molecule has 0 fully saturated rings. The Morgan fingerprint density at radius 2 is 1.97 bits per heavy atom. The lowest BCUT2D eigenvalue weighted by Crippen LogP contribution is -2.27. The number of aromatic nitrogens is 4. The highest BCUT2D eigenvalue weighted by Gasteiger charge is 2.15. The van der Waals surface area contributed by atoms with Gasteiger partial charge in [-0.25, -0.2) is 9.37 Å². The van der Waals surface area contributed by atoms with Gasteiger partial charge in [0.15, 0.2) is 0 Å². The molecule has 3 heterocycles. The summed E-state index contributed by atoms with van der Waals surface area (Å²) in [6, 6.07) is 11.2. The lowest BCUT2D eigenvalue weighted by Gasteiger charge is -2.08. The van der Waals surface area contributed by atoms with Crippen LogP contribution in [0.3, 0.4) is 0 Å². The average Bonchev–Trinajstić information content (AvgIpc) is 3.39. The summed E-state index contributed by atoms with van der Waals surface area (Å²) >= 11 is 2.39. The van der Waals surface area contributed by atoms with Crippen LogP contribution in [-0.2, 0) is 11.3 Å². The van der Waals surface area contributed by atoms with Crippen molar-refractivity contribution in [1.82, 2.24) is 18.3 Å². The topological polar surface area (TPSA) is 89.8 Å². The quantitative estimate of drug-likeness (QED) is 0.460. The smallest absolute Gasteiger partial charge is 0.263 e. The number of thiophene rings is 1. The van der Waals surface area contributed by atoms with Gasteiger partial charge in [0.2, 0.25) is 5.91 Å². The Morgan fingerprint density at radius 3 is 2.80 bits per heavy atom. The molecule has 1 N–H and O–H groups in total. The van der Waals surface area contributed by atoms with Crippen LogP contribution >= 0.6 is 23.1 Å². The number of amides is 1. The predicted octanol–water partition coefficient (Wildman–Crippen LogP) is 3.91. The van der Waals surface area contributed by atoms with Gasteiger partial charge in [-0.1, -0.05) is 18.2 Å². The van der Waals surface area contributed by atoms with Crippen LogP contribution in [0.1, 0.15) is 0 Å². The first kappa shape index (κ1) is 18.5. The maximum absolute atomic E-state index is 13.3. The highest BCUT2D eigenvalue weighted by atomic mass is 32.1. The van der Waals surface area contributed by atoms with Crippen LogP contribution in [0.4, 0.5) is 10.1 Å². The molecule has 0 aliphatic carbocycles. The minimum Gasteiger partial charge on any atom is -0.323 e. The molecular weight excluding hydrogens is 425 g/mol. The fourth-order valence-corrected chi connectivity index (χ4v) is 4.63. The molecule has 0 unspecified atom stereocenters. The summed E-state index contributed by atoms with van der Waals surface area (Å²) in [5, 5.41) is 5.00. The largest absolute Gasteiger partial charge is 0.323 e. The standard InChI is InChI=1S/C20H12FN5O2S2/c21-12-6-4-11(5-7-12)13-9-29-19-17(13)20(28)26(10-22-19)8-16(27)23-14-2-1-3-15-18(14)25-30-24-15/h1-7,9-10H,8H2,(H,23,27). The second-order valence-corrected chi connectivity index (χ2v) is 7.89. The first-order valence-corrected chi connectivity index (χ1v) is 10.4. The van der Waals surface area contributed by atoms with Crippen LogP contribution in [0, 0.1) is 5.82 Å². The summed E-state index contributed by atoms with van der Waals surface area (Å²) < 4.78 is 22.9. The van der Waals surface area contributed by atoms with E-state index in [2.05, 4.69) is 19.0 Å². The van der Waals surface area contributed by atoms with Gasteiger partial charge in [-0.15, -0.1) is 11.3 Å². The molecule has 0 spiro atoms. The van der Waals surface area contributed by atoms with Gasteiger partial charge in [0.25, 0.3) is 5.56 Å². The molecular formula is C20H12FN5O2S2. The molecule has 2 aromatic carbocycles. The van der Waals surface area contributed by atoms with Crippen LogP contribution in [0.5, 0.6) is 0 Å². The number of benzene rings is 2. The van der Waals surface area contributed by atoms with E-state index in [1.54, 1.807) is 24.3 Å². The number of hydrogen-bond acceptors (Lipinski definition) is 7. The first-order chi connectivity index (χ1) is 14.6. The molecule has 30 heavy (non-hydrogen) atoms. The first-order valence-electron chi connectivity index (χ1n) is 8.84. The van der Waals surface area contributed by atoms with Crippen LogP contribution in [-0.4, -0.2) is 24.2 Å². The molecule has 7 nitrogen and oxygen atoms in total. The van der Waals surface area contributed by atoms with E-state index in [9.17, 15) is 14.0 Å². The number of anilines is 1. The lowest BCUT2D eigenvalue weighted by atomic mass is 10.1. The van der Waals surface area contributed by atoms with Crippen molar-refractivity contribution in [1.29, 1.82) is 0 Å². The van der Waals surface area contributed by atoms with Crippen LogP contribution in [0.15, 0.2) is 59.0 Å². The number of nitrogens with one attached hydrogen (secondary N) is 1. The SMILES string of the molecule is O=C(Cn1cnc2scc(-c3ccc(F)cc3)c2c1=O)Nc1cccc2nsnc12. The fourth-order valence-electron chi connectivity index (χ4n) is 3.17. The van der Waals surface area contributed by atoms with Gasteiger partial charge in [0.1, 0.15) is 28.2 Å². The van der Waals surface area contributed by atoms with Crippen molar-refractivity contribution >= 4 is 55.9 Å². The Kier molecular flexibility index (Phi) is 4.57. The molecule has 0 saturated carbocycles. The van der Waals surface area contributed by atoms with Gasteiger partial charge in [-0.2, -0.15) is 8.75 Å². The van der Waals surface area contributed by atoms with Gasteiger partial charge in [0.05, 0.1) is 29.1 Å². The Hall–Kier alpha value is -3.50. The van der Waals surface area contributed by atoms with E-state index < -0.39 is 0 Å². The van der Waals surface area contributed by atoms with Crippen LogP contribution in [0.2, 0.25) is 0 Å². The van der Waals surface area contributed by atoms with Crippen molar-refractivity contribution < 1.29 is 9.18 Å². The zero-order valence-electron chi connectivity index (χ0n) is 15.2. The van der Waals surface area contributed by atoms with Gasteiger partial charge in [-0.3, -0.25) is 14.2 Å². The number of fused-ring (bicyclic) bond motifs is 2. The maximum Gasteiger partial charge on any atom is 0.263 e. The van der Waals surface area contributed by atoms with Crippen molar-refractivity contribution in [2.24, 2.45) is 0 Å². The highest BCUT2D eigenvalue weighted by molar-refractivity contribution is 7.17. The number of nitrogens with zero attached hydrogens (tertiary/aromatic N) is 4. The molecule has 0 aliphatic rings. The molecule has 0 aliphatic heterocycles. The number of hydrogen-bond donors (Lipinski definition) is 1. The zero-order valence-corrected chi connectivity index (χ0v) is 16.8. The normalized spacial score (nSPS) is 11.2. The van der Waals surface area contributed by atoms with Crippen molar-refractivity contribution in [3.05, 3.63) is 70.3 Å². The molecule has 1 amide bonds. The Balaban J connectivity index is 1.47. The minimum absolute atomic E-state index is 0.200. The summed E-state index contributed by atoms with van der Waals surface area (Å²) in [5.41, 5.74) is 2.89. The summed E-state index contributed by atoms with van der Waals surface area (Å²) in [6.07, 6.45) is 1.36. The van der Waals surface area contributed by atoms with E-state index in [0.29, 0.717) is 38.1 Å². The van der Waals surface area contributed by atoms with E-state index in [0.717, 1.165) is 11.7 Å². The van der Waals surface area contributed by atoms with Gasteiger partial charge >= 0.3 is 0 Å². The summed E-state index contributed by atoms with van der Waals surface area (Å²) in [4.78, 5) is 30.5. The zero-order chi connectivity index (χ0) is 20.7. The van der Waals surface area contributed by atoms with E-state index >= 15 is 0 Å². The molecule has 5 aromatic rings. The Morgan fingerprint density at radius 1 is 1.13 bits per heavy atom. The van der Waals surface area contributed by atoms with Crippen molar-refractivity contribution in [3.63, 3.8) is 0 Å². The summed E-state index contributed by atoms with van der Waals surface area (Å²) in [7, 11) is 0. The number of halogens is 1. The van der Waals surface area contributed by atoms with E-state index in [-0.39, 0.29) is 23.8 Å². The van der Waals surface area contributed by atoms with Crippen LogP contribution < -0.4 is 10.9 Å². The fraction of sp³-hybridized carbons (Fsp3) is 0.0500. The summed E-state index contributed by atoms with van der Waals surface area (Å²) in [5.74, 6) is -0.729. The molecule has 5 rings (SSSR count). The van der Waals surface area contributed by atoms with Gasteiger partial charge in [0, 0.05) is 10.9 Å². The Bertz CT molecular complexity index is 1460. The van der Waals surface area contributed by atoms with Crippen LogP contribution in [0.25, 0.3) is 32.4 Å². The van der Waals surface area contributed by atoms with E-state index in [1.807, 2.05) is 11.4 Å². The van der Waals surface area contributed by atoms with E-state index in [4.69, 9.17) is 0 Å². The molecule has 0 atom stereocenters. The van der Waals surface area contributed by atoms with E-state index in [1.165, 1.54) is 34.4 Å². The number of carbonyl (C=O) groups is 1. The average molecular weight is 437 g/mol. The monoisotopic (exact) mass is 437 g/mol. The molecule has 0 bridgehead atoms. The second-order valence-electron chi connectivity index (χ2n) is 6.50. The molecule has 148 valence electrons. The summed E-state index contributed by atoms with van der Waals surface area (Å²) in [6.45, 7) is -0.200. The van der Waals surface area contributed by atoms with Crippen molar-refractivity contribution in [2.45, 2.75) is 6.54 Å². The molecule has 3 aromatic heterocycles. The maximum atomic E-state index is 13.3. The van der Waals surface area contributed by atoms with Gasteiger partial charge < -0.3 is 5.32 Å². The third kappa shape index (κ3) is 3.25. The second kappa shape index (κ2) is 7.39. The predicted molar refractivity (Wildman–Crippen MR) is 115 cm³/mol. The highest BCUT2D eigenvalue weighted by Crippen LogP contribution is 2.30. The number of rotatable bonds is 4. The molecule has 0 saturated heterocycles. The van der Waals surface area contributed by atoms with Crippen molar-refractivity contribution in [2.75, 3.05) is 5.32 Å². The lowest BCUT2D eigenvalue weighted by molar-refractivity contribution is -0.116. The van der Waals surface area contributed by atoms with Crippen molar-refractivity contribution in [3.8, 4) is 11.1 Å². The Labute approximate surface area is 176 Å². The number of carbonyl (C=O) groups excluding carboxylic acids is 1. The molecule has 0 radical (unpaired) electrons. The minimum atomic E-state index is -0.377. The third-order valence-electron chi connectivity index (χ3n) is 4.59.